The highest BCUT2D eigenvalue weighted by atomic mass is 35.5. The second kappa shape index (κ2) is 6.37. The molecule has 5 nitrogen and oxygen atoms in total. The van der Waals surface area contributed by atoms with Crippen LogP contribution in [-0.4, -0.2) is 21.2 Å². The third-order valence-corrected chi connectivity index (χ3v) is 5.38. The van der Waals surface area contributed by atoms with Crippen LogP contribution in [0.5, 0.6) is 0 Å². The number of halogens is 1. The fourth-order valence-corrected chi connectivity index (χ4v) is 3.81. The quantitative estimate of drug-likeness (QED) is 0.864. The molecule has 3 rings (SSSR count). The van der Waals surface area contributed by atoms with Crippen LogP contribution in [0.3, 0.4) is 0 Å². The first-order chi connectivity index (χ1) is 11.0. The van der Waals surface area contributed by atoms with Crippen molar-refractivity contribution >= 4 is 35.0 Å². The van der Waals surface area contributed by atoms with Crippen LogP contribution in [0, 0.1) is 13.8 Å². The van der Waals surface area contributed by atoms with Gasteiger partial charge in [-0.3, -0.25) is 14.2 Å². The summed E-state index contributed by atoms with van der Waals surface area (Å²) < 4.78 is 1.63. The number of carbonyl (C=O) groups excluding carboxylic acids is 1. The first-order valence-electron chi connectivity index (χ1n) is 7.23. The maximum absolute atomic E-state index is 12.3. The predicted octanol–water partition coefficient (Wildman–Crippen LogP) is 3.19. The van der Waals surface area contributed by atoms with E-state index < -0.39 is 0 Å². The van der Waals surface area contributed by atoms with Gasteiger partial charge in [-0.05, 0) is 31.5 Å². The van der Waals surface area contributed by atoms with Crippen molar-refractivity contribution in [3.63, 3.8) is 0 Å². The van der Waals surface area contributed by atoms with E-state index in [9.17, 15) is 9.59 Å². The third-order valence-electron chi connectivity index (χ3n) is 3.86. The summed E-state index contributed by atoms with van der Waals surface area (Å²) in [7, 11) is 0. The highest BCUT2D eigenvalue weighted by Crippen LogP contribution is 2.32. The number of nitrogens with one attached hydrogen (secondary N) is 1. The molecule has 1 N–H and O–H groups in total. The molecule has 0 fully saturated rings. The van der Waals surface area contributed by atoms with Gasteiger partial charge in [0, 0.05) is 34.6 Å². The van der Waals surface area contributed by atoms with Crippen LogP contribution in [0.25, 0.3) is 0 Å². The predicted molar refractivity (Wildman–Crippen MR) is 92.4 cm³/mol. The third kappa shape index (κ3) is 3.14. The molecule has 2 heterocycles. The van der Waals surface area contributed by atoms with Gasteiger partial charge in [0.1, 0.15) is 0 Å². The largest absolute Gasteiger partial charge is 0.326 e. The van der Waals surface area contributed by atoms with Crippen LogP contribution in [0.15, 0.2) is 34.3 Å². The van der Waals surface area contributed by atoms with Gasteiger partial charge in [-0.15, -0.1) is 0 Å². The van der Waals surface area contributed by atoms with Gasteiger partial charge in [0.2, 0.25) is 5.91 Å². The Kier molecular flexibility index (Phi) is 4.46. The van der Waals surface area contributed by atoms with Crippen molar-refractivity contribution in [2.45, 2.75) is 31.5 Å². The molecule has 0 spiro atoms. The van der Waals surface area contributed by atoms with Gasteiger partial charge in [-0.2, -0.15) is 0 Å². The Labute approximate surface area is 143 Å². The molecule has 7 heteroatoms. The molecule has 2 aromatic rings. The Hall–Kier alpha value is -1.79. The maximum atomic E-state index is 12.3. The Bertz CT molecular complexity index is 835. The standard InChI is InChI=1S/C16H16ClN3O2S/c1-9-7-18-16-20(15(9)22)11(8-23-16)6-14(21)19-13-5-3-4-12(17)10(13)2/h3-5,7,11H,6,8H2,1-2H3,(H,19,21)/t11-/m1/s1. The minimum atomic E-state index is -0.172. The first kappa shape index (κ1) is 16.1. The van der Waals surface area contributed by atoms with Crippen molar-refractivity contribution < 1.29 is 4.79 Å². The SMILES string of the molecule is Cc1c(Cl)cccc1NC(=O)C[C@@H]1CSc2ncc(C)c(=O)n21. The van der Waals surface area contributed by atoms with E-state index in [1.165, 1.54) is 11.8 Å². The molecular formula is C16H16ClN3O2S. The van der Waals surface area contributed by atoms with Crippen molar-refractivity contribution in [2.75, 3.05) is 11.1 Å². The lowest BCUT2D eigenvalue weighted by Gasteiger charge is -2.14. The maximum Gasteiger partial charge on any atom is 0.257 e. The van der Waals surface area contributed by atoms with Crippen LogP contribution < -0.4 is 10.9 Å². The second-order valence-corrected chi connectivity index (χ2v) is 6.92. The van der Waals surface area contributed by atoms with Gasteiger partial charge in [-0.25, -0.2) is 4.98 Å². The Morgan fingerprint density at radius 1 is 1.48 bits per heavy atom. The lowest BCUT2D eigenvalue weighted by Crippen LogP contribution is -2.28. The smallest absolute Gasteiger partial charge is 0.257 e. The summed E-state index contributed by atoms with van der Waals surface area (Å²) in [6.07, 6.45) is 1.82. The van der Waals surface area contributed by atoms with E-state index in [0.717, 1.165) is 5.56 Å². The molecule has 1 atom stereocenters. The van der Waals surface area contributed by atoms with Gasteiger partial charge in [0.15, 0.2) is 5.16 Å². The van der Waals surface area contributed by atoms with Crippen LogP contribution in [0.2, 0.25) is 5.02 Å². The average molecular weight is 350 g/mol. The number of fused-ring (bicyclic) bond motifs is 1. The lowest BCUT2D eigenvalue weighted by molar-refractivity contribution is -0.116. The molecule has 1 aliphatic heterocycles. The number of nitrogens with zero attached hydrogens (tertiary/aromatic N) is 2. The molecule has 23 heavy (non-hydrogen) atoms. The van der Waals surface area contributed by atoms with Crippen molar-refractivity contribution in [2.24, 2.45) is 0 Å². The molecule has 0 radical (unpaired) electrons. The number of thioether (sulfide) groups is 1. The first-order valence-corrected chi connectivity index (χ1v) is 8.59. The van der Waals surface area contributed by atoms with E-state index in [-0.39, 0.29) is 23.9 Å². The number of amides is 1. The van der Waals surface area contributed by atoms with E-state index in [2.05, 4.69) is 10.3 Å². The minimum absolute atomic E-state index is 0.0725. The fraction of sp³-hybridized carbons (Fsp3) is 0.312. The minimum Gasteiger partial charge on any atom is -0.326 e. The summed E-state index contributed by atoms with van der Waals surface area (Å²) in [6, 6.07) is 5.22. The molecule has 0 aliphatic carbocycles. The fourth-order valence-electron chi connectivity index (χ4n) is 2.53. The zero-order valence-corrected chi connectivity index (χ0v) is 14.4. The monoisotopic (exact) mass is 349 g/mol. The van der Waals surface area contributed by atoms with E-state index in [1.54, 1.807) is 29.8 Å². The van der Waals surface area contributed by atoms with Gasteiger partial charge in [0.05, 0.1) is 6.04 Å². The van der Waals surface area contributed by atoms with Crippen molar-refractivity contribution in [1.29, 1.82) is 0 Å². The zero-order chi connectivity index (χ0) is 16.6. The molecule has 1 aromatic heterocycles. The number of anilines is 1. The molecular weight excluding hydrogens is 334 g/mol. The number of benzene rings is 1. The number of hydrogen-bond acceptors (Lipinski definition) is 4. The lowest BCUT2D eigenvalue weighted by atomic mass is 10.1. The topological polar surface area (TPSA) is 64.0 Å². The van der Waals surface area contributed by atoms with E-state index in [4.69, 9.17) is 11.6 Å². The Balaban J connectivity index is 1.77. The van der Waals surface area contributed by atoms with Crippen LogP contribution in [-0.2, 0) is 4.79 Å². The zero-order valence-electron chi connectivity index (χ0n) is 12.8. The summed E-state index contributed by atoms with van der Waals surface area (Å²) in [5, 5.41) is 4.16. The molecule has 0 unspecified atom stereocenters. The number of aryl methyl sites for hydroxylation is 1. The van der Waals surface area contributed by atoms with Gasteiger partial charge in [-0.1, -0.05) is 29.4 Å². The second-order valence-electron chi connectivity index (χ2n) is 5.53. The van der Waals surface area contributed by atoms with Gasteiger partial charge in [0.25, 0.3) is 5.56 Å². The van der Waals surface area contributed by atoms with Crippen LogP contribution in [0.1, 0.15) is 23.6 Å². The number of hydrogen-bond donors (Lipinski definition) is 1. The number of rotatable bonds is 3. The van der Waals surface area contributed by atoms with Gasteiger partial charge >= 0.3 is 0 Å². The molecule has 1 aromatic carbocycles. The highest BCUT2D eigenvalue weighted by molar-refractivity contribution is 7.99. The normalized spacial score (nSPS) is 16.2. The van der Waals surface area contributed by atoms with Crippen molar-refractivity contribution in [3.05, 3.63) is 50.9 Å². The van der Waals surface area contributed by atoms with E-state index in [1.807, 2.05) is 13.0 Å². The van der Waals surface area contributed by atoms with Crippen molar-refractivity contribution in [1.82, 2.24) is 9.55 Å². The molecule has 0 bridgehead atoms. The molecule has 0 saturated carbocycles. The summed E-state index contributed by atoms with van der Waals surface area (Å²) in [4.78, 5) is 28.9. The molecule has 120 valence electrons. The van der Waals surface area contributed by atoms with Gasteiger partial charge < -0.3 is 5.32 Å². The van der Waals surface area contributed by atoms with Crippen LogP contribution >= 0.6 is 23.4 Å². The summed E-state index contributed by atoms with van der Waals surface area (Å²) in [6.45, 7) is 3.59. The Morgan fingerprint density at radius 3 is 3.04 bits per heavy atom. The molecule has 1 amide bonds. The van der Waals surface area contributed by atoms with Crippen LogP contribution in [0.4, 0.5) is 5.69 Å². The number of aromatic nitrogens is 2. The number of carbonyl (C=O) groups is 1. The van der Waals surface area contributed by atoms with E-state index >= 15 is 0 Å². The highest BCUT2D eigenvalue weighted by Gasteiger charge is 2.27. The van der Waals surface area contributed by atoms with Crippen molar-refractivity contribution in [3.8, 4) is 0 Å². The summed E-state index contributed by atoms with van der Waals surface area (Å²) >= 11 is 7.57. The molecule has 0 saturated heterocycles. The van der Waals surface area contributed by atoms with E-state index in [0.29, 0.717) is 27.2 Å². The molecule has 1 aliphatic rings. The summed E-state index contributed by atoms with van der Waals surface area (Å²) in [5.74, 6) is 0.537. The average Bonchev–Trinajstić information content (AvgIpc) is 2.91. The summed E-state index contributed by atoms with van der Waals surface area (Å²) in [5.41, 5.74) is 2.05. The Morgan fingerprint density at radius 2 is 2.26 bits per heavy atom.